The van der Waals surface area contributed by atoms with E-state index >= 15 is 0 Å². The Balaban J connectivity index is 1.73. The van der Waals surface area contributed by atoms with Crippen LogP contribution in [0.25, 0.3) is 0 Å². The molecule has 0 radical (unpaired) electrons. The molecule has 7 heteroatoms. The summed E-state index contributed by atoms with van der Waals surface area (Å²) in [6.45, 7) is 0.750. The van der Waals surface area contributed by atoms with Crippen molar-refractivity contribution in [2.24, 2.45) is 0 Å². The SMILES string of the molecule is O=C1CCc2cc(NS(=O)(=O)c3cccnc3)cc3c2N1CCC3. The van der Waals surface area contributed by atoms with Crippen LogP contribution in [0.15, 0.2) is 41.6 Å². The van der Waals surface area contributed by atoms with E-state index in [1.165, 1.54) is 18.5 Å². The summed E-state index contributed by atoms with van der Waals surface area (Å²) in [5.41, 5.74) is 3.61. The maximum atomic E-state index is 12.5. The van der Waals surface area contributed by atoms with Gasteiger partial charge in [0.05, 0.1) is 5.69 Å². The van der Waals surface area contributed by atoms with Crippen molar-refractivity contribution in [3.05, 3.63) is 47.8 Å². The molecule has 0 aliphatic carbocycles. The van der Waals surface area contributed by atoms with Crippen LogP contribution in [0.4, 0.5) is 11.4 Å². The molecule has 2 aromatic rings. The predicted octanol–water partition coefficient (Wildman–Crippen LogP) is 2.11. The first-order chi connectivity index (χ1) is 11.5. The van der Waals surface area contributed by atoms with Gasteiger partial charge in [-0.3, -0.25) is 14.5 Å². The van der Waals surface area contributed by atoms with E-state index in [1.54, 1.807) is 6.07 Å². The van der Waals surface area contributed by atoms with Crippen LogP contribution >= 0.6 is 0 Å². The van der Waals surface area contributed by atoms with E-state index in [0.717, 1.165) is 36.2 Å². The quantitative estimate of drug-likeness (QED) is 0.926. The minimum Gasteiger partial charge on any atom is -0.312 e. The standard InChI is InChI=1S/C17H17N3O3S/c21-16-6-5-13-10-14(9-12-3-2-8-20(16)17(12)13)19-24(22,23)15-4-1-7-18-11-15/h1,4,7,9-11,19H,2-3,5-6,8H2. The zero-order chi connectivity index (χ0) is 16.7. The van der Waals surface area contributed by atoms with Crippen LogP contribution in [-0.4, -0.2) is 25.9 Å². The lowest BCUT2D eigenvalue weighted by Gasteiger charge is -2.35. The number of amides is 1. The molecule has 3 heterocycles. The van der Waals surface area contributed by atoms with Crippen LogP contribution in [-0.2, 0) is 27.7 Å². The topological polar surface area (TPSA) is 79.4 Å². The molecule has 2 aliphatic heterocycles. The number of hydrogen-bond acceptors (Lipinski definition) is 4. The van der Waals surface area contributed by atoms with E-state index in [9.17, 15) is 13.2 Å². The van der Waals surface area contributed by atoms with E-state index in [2.05, 4.69) is 9.71 Å². The Morgan fingerprint density at radius 2 is 1.92 bits per heavy atom. The third-order valence-electron chi connectivity index (χ3n) is 4.47. The fraction of sp³-hybridized carbons (Fsp3) is 0.294. The number of anilines is 2. The van der Waals surface area contributed by atoms with Crippen LogP contribution in [0.1, 0.15) is 24.0 Å². The minimum atomic E-state index is -3.66. The average molecular weight is 343 g/mol. The van der Waals surface area contributed by atoms with Gasteiger partial charge in [-0.15, -0.1) is 0 Å². The second-order valence-electron chi connectivity index (χ2n) is 6.09. The zero-order valence-electron chi connectivity index (χ0n) is 13.0. The van der Waals surface area contributed by atoms with E-state index in [4.69, 9.17) is 0 Å². The Kier molecular flexibility index (Phi) is 3.53. The normalized spacial score (nSPS) is 16.7. The molecule has 1 aromatic carbocycles. The van der Waals surface area contributed by atoms with Crippen molar-refractivity contribution in [2.45, 2.75) is 30.6 Å². The van der Waals surface area contributed by atoms with Crippen LogP contribution < -0.4 is 9.62 Å². The molecule has 0 fully saturated rings. The molecule has 0 atom stereocenters. The summed E-state index contributed by atoms with van der Waals surface area (Å²) in [5.74, 6) is 0.159. The van der Waals surface area contributed by atoms with Crippen molar-refractivity contribution in [1.29, 1.82) is 0 Å². The van der Waals surface area contributed by atoms with Crippen LogP contribution in [0.5, 0.6) is 0 Å². The number of sulfonamides is 1. The predicted molar refractivity (Wildman–Crippen MR) is 90.5 cm³/mol. The summed E-state index contributed by atoms with van der Waals surface area (Å²) in [6, 6.07) is 6.79. The molecule has 4 rings (SSSR count). The van der Waals surface area contributed by atoms with E-state index in [0.29, 0.717) is 18.5 Å². The summed E-state index contributed by atoms with van der Waals surface area (Å²) in [7, 11) is -3.66. The third kappa shape index (κ3) is 2.54. The number of nitrogens with zero attached hydrogens (tertiary/aromatic N) is 2. The average Bonchev–Trinajstić information content (AvgIpc) is 2.58. The highest BCUT2D eigenvalue weighted by Gasteiger charge is 2.30. The molecule has 6 nitrogen and oxygen atoms in total. The smallest absolute Gasteiger partial charge is 0.263 e. The maximum Gasteiger partial charge on any atom is 0.263 e. The molecule has 0 spiro atoms. The summed E-state index contributed by atoms with van der Waals surface area (Å²) in [5, 5.41) is 0. The highest BCUT2D eigenvalue weighted by Crippen LogP contribution is 2.38. The molecule has 0 saturated heterocycles. The molecule has 124 valence electrons. The lowest BCUT2D eigenvalue weighted by atomic mass is 9.91. The zero-order valence-corrected chi connectivity index (χ0v) is 13.8. The summed E-state index contributed by atoms with van der Waals surface area (Å²) >= 11 is 0. The lowest BCUT2D eigenvalue weighted by Crippen LogP contribution is -2.39. The molecule has 24 heavy (non-hydrogen) atoms. The molecule has 1 aromatic heterocycles. The van der Waals surface area contributed by atoms with Crippen molar-refractivity contribution in [3.63, 3.8) is 0 Å². The number of carbonyl (C=O) groups excluding carboxylic acids is 1. The van der Waals surface area contributed by atoms with Gasteiger partial charge in [0.2, 0.25) is 5.91 Å². The maximum absolute atomic E-state index is 12.5. The summed E-state index contributed by atoms with van der Waals surface area (Å²) in [4.78, 5) is 17.9. The number of aryl methyl sites for hydroxylation is 2. The Morgan fingerprint density at radius 3 is 2.67 bits per heavy atom. The number of nitrogens with one attached hydrogen (secondary N) is 1. The largest absolute Gasteiger partial charge is 0.312 e. The molecule has 0 unspecified atom stereocenters. The Morgan fingerprint density at radius 1 is 1.12 bits per heavy atom. The monoisotopic (exact) mass is 343 g/mol. The van der Waals surface area contributed by atoms with Crippen molar-refractivity contribution in [3.8, 4) is 0 Å². The van der Waals surface area contributed by atoms with E-state index < -0.39 is 10.0 Å². The van der Waals surface area contributed by atoms with Gasteiger partial charge in [0.25, 0.3) is 10.0 Å². The van der Waals surface area contributed by atoms with Gasteiger partial charge in [-0.2, -0.15) is 0 Å². The Labute approximate surface area is 140 Å². The van der Waals surface area contributed by atoms with Gasteiger partial charge < -0.3 is 4.90 Å². The highest BCUT2D eigenvalue weighted by atomic mass is 32.2. The number of pyridine rings is 1. The number of benzene rings is 1. The Bertz CT molecular complexity index is 893. The molecule has 1 amide bonds. The molecule has 0 saturated carbocycles. The van der Waals surface area contributed by atoms with Crippen LogP contribution in [0, 0.1) is 0 Å². The van der Waals surface area contributed by atoms with Gasteiger partial charge in [-0.1, -0.05) is 0 Å². The van der Waals surface area contributed by atoms with Crippen molar-refractivity contribution >= 4 is 27.3 Å². The van der Waals surface area contributed by atoms with Crippen molar-refractivity contribution in [2.75, 3.05) is 16.2 Å². The first-order valence-electron chi connectivity index (χ1n) is 7.93. The first-order valence-corrected chi connectivity index (χ1v) is 9.42. The Hall–Kier alpha value is -2.41. The second kappa shape index (κ2) is 5.59. The number of aromatic nitrogens is 1. The third-order valence-corrected chi connectivity index (χ3v) is 5.84. The van der Waals surface area contributed by atoms with Crippen LogP contribution in [0.2, 0.25) is 0 Å². The van der Waals surface area contributed by atoms with Crippen molar-refractivity contribution < 1.29 is 13.2 Å². The van der Waals surface area contributed by atoms with E-state index in [1.807, 2.05) is 17.0 Å². The van der Waals surface area contributed by atoms with Gasteiger partial charge >= 0.3 is 0 Å². The molecule has 1 N–H and O–H groups in total. The van der Waals surface area contributed by atoms with Crippen molar-refractivity contribution in [1.82, 2.24) is 4.98 Å². The van der Waals surface area contributed by atoms with E-state index in [-0.39, 0.29) is 10.8 Å². The first kappa shape index (κ1) is 15.1. The minimum absolute atomic E-state index is 0.133. The summed E-state index contributed by atoms with van der Waals surface area (Å²) in [6.07, 6.45) is 5.75. The fourth-order valence-electron chi connectivity index (χ4n) is 3.43. The fourth-order valence-corrected chi connectivity index (χ4v) is 4.44. The number of rotatable bonds is 3. The number of hydrogen-bond donors (Lipinski definition) is 1. The van der Waals surface area contributed by atoms with Gasteiger partial charge in [-0.25, -0.2) is 8.42 Å². The van der Waals surface area contributed by atoms with Gasteiger partial charge in [0.15, 0.2) is 0 Å². The molecular formula is C17H17N3O3S. The lowest BCUT2D eigenvalue weighted by molar-refractivity contribution is -0.119. The molecular weight excluding hydrogens is 326 g/mol. The molecule has 0 bridgehead atoms. The van der Waals surface area contributed by atoms with Gasteiger partial charge in [0, 0.05) is 31.0 Å². The second-order valence-corrected chi connectivity index (χ2v) is 7.77. The number of carbonyl (C=O) groups is 1. The highest BCUT2D eigenvalue weighted by molar-refractivity contribution is 7.92. The molecule has 2 aliphatic rings. The van der Waals surface area contributed by atoms with Gasteiger partial charge in [-0.05, 0) is 54.7 Å². The summed E-state index contributed by atoms with van der Waals surface area (Å²) < 4.78 is 27.6. The van der Waals surface area contributed by atoms with Gasteiger partial charge in [0.1, 0.15) is 4.90 Å². The van der Waals surface area contributed by atoms with Crippen LogP contribution in [0.3, 0.4) is 0 Å².